The number of hydrazine groups is 1. The minimum absolute atomic E-state index is 0.307. The quantitative estimate of drug-likeness (QED) is 0.632. The van der Waals surface area contributed by atoms with E-state index in [2.05, 4.69) is 21.3 Å². The topological polar surface area (TPSA) is 111 Å². The predicted octanol–water partition coefficient (Wildman–Crippen LogP) is 1.20. The van der Waals surface area contributed by atoms with Crippen LogP contribution in [-0.4, -0.2) is 31.6 Å². The molecule has 0 aliphatic rings. The van der Waals surface area contributed by atoms with Gasteiger partial charge in [-0.3, -0.25) is 20.4 Å². The number of para-hydroxylation sites is 1. The molecule has 0 unspecified atom stereocenters. The maximum absolute atomic E-state index is 12.3. The number of benzene rings is 2. The lowest BCUT2D eigenvalue weighted by Gasteiger charge is -2.07. The molecule has 0 atom stereocenters. The Labute approximate surface area is 162 Å². The molecular formula is C16H12Cl2N6O3. The van der Waals surface area contributed by atoms with E-state index >= 15 is 0 Å². The van der Waals surface area contributed by atoms with Crippen LogP contribution in [0.15, 0.2) is 53.3 Å². The molecule has 0 bridgehead atoms. The van der Waals surface area contributed by atoms with E-state index in [0.717, 1.165) is 9.36 Å². The van der Waals surface area contributed by atoms with Gasteiger partial charge < -0.3 is 0 Å². The van der Waals surface area contributed by atoms with Gasteiger partial charge >= 0.3 is 5.69 Å². The fraction of sp³-hybridized carbons (Fsp3) is 0.0625. The molecule has 0 radical (unpaired) electrons. The predicted molar refractivity (Wildman–Crippen MR) is 97.7 cm³/mol. The van der Waals surface area contributed by atoms with E-state index in [1.54, 1.807) is 36.4 Å². The van der Waals surface area contributed by atoms with E-state index in [4.69, 9.17) is 23.2 Å². The van der Waals surface area contributed by atoms with Gasteiger partial charge in [-0.1, -0.05) is 35.3 Å². The second-order valence-corrected chi connectivity index (χ2v) is 6.14. The summed E-state index contributed by atoms with van der Waals surface area (Å²) < 4.78 is 1.81. The van der Waals surface area contributed by atoms with Crippen molar-refractivity contribution in [2.45, 2.75) is 6.54 Å². The molecule has 0 aliphatic heterocycles. The van der Waals surface area contributed by atoms with Crippen LogP contribution in [0.4, 0.5) is 0 Å². The van der Waals surface area contributed by atoms with Crippen molar-refractivity contribution in [2.75, 3.05) is 0 Å². The lowest BCUT2D eigenvalue weighted by atomic mass is 10.2. The van der Waals surface area contributed by atoms with Gasteiger partial charge in [-0.2, -0.15) is 9.36 Å². The number of aromatic nitrogens is 4. The van der Waals surface area contributed by atoms with Crippen LogP contribution in [0.25, 0.3) is 5.69 Å². The standard InChI is InChI=1S/C16H12Cl2N6O3/c17-11-7-5-10(6-8-11)15(26)20-19-14(25)9-23-16(27)24(22-21-23)13-4-2-1-3-12(13)18/h1-8H,9H2,(H,19,25)(H,20,26). The third-order valence-corrected chi connectivity index (χ3v) is 4.01. The van der Waals surface area contributed by atoms with Crippen LogP contribution in [0.1, 0.15) is 10.4 Å². The highest BCUT2D eigenvalue weighted by Gasteiger charge is 2.14. The average Bonchev–Trinajstić information content (AvgIpc) is 3.01. The largest absolute Gasteiger partial charge is 0.369 e. The molecule has 3 aromatic rings. The number of carbonyl (C=O) groups is 2. The first kappa shape index (κ1) is 18.6. The van der Waals surface area contributed by atoms with Crippen molar-refractivity contribution in [2.24, 2.45) is 0 Å². The SMILES string of the molecule is O=C(Cn1nnn(-c2ccccc2Cl)c1=O)NNC(=O)c1ccc(Cl)cc1. The van der Waals surface area contributed by atoms with Crippen molar-refractivity contribution in [3.63, 3.8) is 0 Å². The zero-order valence-electron chi connectivity index (χ0n) is 13.6. The van der Waals surface area contributed by atoms with Gasteiger partial charge in [-0.15, -0.1) is 0 Å². The van der Waals surface area contributed by atoms with Gasteiger partial charge in [0.2, 0.25) is 0 Å². The summed E-state index contributed by atoms with van der Waals surface area (Å²) in [5.41, 5.74) is 4.43. The molecule has 2 aromatic carbocycles. The molecule has 1 aromatic heterocycles. The number of carbonyl (C=O) groups excluding carboxylic acids is 2. The normalized spacial score (nSPS) is 10.4. The van der Waals surface area contributed by atoms with Crippen LogP contribution in [0, 0.1) is 0 Å². The van der Waals surface area contributed by atoms with E-state index in [9.17, 15) is 14.4 Å². The molecule has 2 N–H and O–H groups in total. The third kappa shape index (κ3) is 4.33. The van der Waals surface area contributed by atoms with Gasteiger partial charge in [0.05, 0.1) is 10.7 Å². The highest BCUT2D eigenvalue weighted by atomic mass is 35.5. The molecule has 2 amide bonds. The fourth-order valence-electron chi connectivity index (χ4n) is 2.12. The zero-order valence-corrected chi connectivity index (χ0v) is 15.1. The second-order valence-electron chi connectivity index (χ2n) is 5.29. The van der Waals surface area contributed by atoms with Crippen molar-refractivity contribution < 1.29 is 9.59 Å². The first-order valence-corrected chi connectivity index (χ1v) is 8.34. The monoisotopic (exact) mass is 406 g/mol. The average molecular weight is 407 g/mol. The Morgan fingerprint density at radius 3 is 2.37 bits per heavy atom. The van der Waals surface area contributed by atoms with Crippen molar-refractivity contribution in [1.29, 1.82) is 0 Å². The molecule has 11 heteroatoms. The first-order valence-electron chi connectivity index (χ1n) is 7.58. The maximum atomic E-state index is 12.3. The minimum Gasteiger partial charge on any atom is -0.271 e. The van der Waals surface area contributed by atoms with E-state index in [-0.39, 0.29) is 0 Å². The summed E-state index contributed by atoms with van der Waals surface area (Å²) in [4.78, 5) is 36.2. The molecule has 138 valence electrons. The molecule has 9 nitrogen and oxygen atoms in total. The van der Waals surface area contributed by atoms with Crippen LogP contribution in [0.3, 0.4) is 0 Å². The van der Waals surface area contributed by atoms with E-state index in [1.807, 2.05) is 0 Å². The van der Waals surface area contributed by atoms with Gasteiger partial charge in [0.15, 0.2) is 0 Å². The summed E-state index contributed by atoms with van der Waals surface area (Å²) >= 11 is 11.8. The molecule has 27 heavy (non-hydrogen) atoms. The fourth-order valence-corrected chi connectivity index (χ4v) is 2.47. The van der Waals surface area contributed by atoms with Crippen LogP contribution in [0.5, 0.6) is 0 Å². The smallest absolute Gasteiger partial charge is 0.271 e. The molecule has 0 aliphatic carbocycles. The van der Waals surface area contributed by atoms with Gasteiger partial charge in [0.1, 0.15) is 6.54 Å². The Morgan fingerprint density at radius 1 is 0.963 bits per heavy atom. The summed E-state index contributed by atoms with van der Waals surface area (Å²) in [5, 5.41) is 8.14. The van der Waals surface area contributed by atoms with E-state index in [0.29, 0.717) is 21.3 Å². The Bertz CT molecular complexity index is 1040. The number of rotatable bonds is 4. The molecule has 1 heterocycles. The van der Waals surface area contributed by atoms with Crippen LogP contribution < -0.4 is 16.5 Å². The summed E-state index contributed by atoms with van der Waals surface area (Å²) in [6.07, 6.45) is 0. The Kier molecular flexibility index (Phi) is 5.53. The highest BCUT2D eigenvalue weighted by molar-refractivity contribution is 6.32. The number of nitrogens with zero attached hydrogens (tertiary/aromatic N) is 4. The Hall–Kier alpha value is -3.17. The minimum atomic E-state index is -0.661. The summed E-state index contributed by atoms with van der Waals surface area (Å²) in [6, 6.07) is 12.7. The zero-order chi connectivity index (χ0) is 19.4. The number of hydrogen-bond acceptors (Lipinski definition) is 5. The van der Waals surface area contributed by atoms with Gasteiger partial charge in [-0.25, -0.2) is 4.79 Å². The number of halogens is 2. The third-order valence-electron chi connectivity index (χ3n) is 3.44. The molecule has 0 fully saturated rings. The van der Waals surface area contributed by atoms with Crippen LogP contribution >= 0.6 is 23.2 Å². The molecule has 0 spiro atoms. The van der Waals surface area contributed by atoms with Gasteiger partial charge in [0, 0.05) is 10.6 Å². The molecule has 0 saturated carbocycles. The van der Waals surface area contributed by atoms with Gasteiger partial charge in [-0.05, 0) is 46.8 Å². The van der Waals surface area contributed by atoms with Crippen LogP contribution in [-0.2, 0) is 11.3 Å². The Balaban J connectivity index is 1.63. The highest BCUT2D eigenvalue weighted by Crippen LogP contribution is 2.16. The number of nitrogens with one attached hydrogen (secondary N) is 2. The van der Waals surface area contributed by atoms with Crippen molar-refractivity contribution in [3.8, 4) is 5.69 Å². The number of amides is 2. The maximum Gasteiger partial charge on any atom is 0.369 e. The molecule has 3 rings (SSSR count). The van der Waals surface area contributed by atoms with Crippen molar-refractivity contribution in [1.82, 2.24) is 30.6 Å². The lowest BCUT2D eigenvalue weighted by molar-refractivity contribution is -0.122. The first-order chi connectivity index (χ1) is 13.0. The summed E-state index contributed by atoms with van der Waals surface area (Å²) in [7, 11) is 0. The van der Waals surface area contributed by atoms with Crippen molar-refractivity contribution >= 4 is 35.0 Å². The van der Waals surface area contributed by atoms with Crippen molar-refractivity contribution in [3.05, 3.63) is 74.6 Å². The number of tetrazole rings is 1. The number of hydrogen-bond donors (Lipinski definition) is 2. The summed E-state index contributed by atoms with van der Waals surface area (Å²) in [5.74, 6) is -1.20. The van der Waals surface area contributed by atoms with E-state index < -0.39 is 24.0 Å². The lowest BCUT2D eigenvalue weighted by Crippen LogP contribution is -2.44. The van der Waals surface area contributed by atoms with E-state index in [1.165, 1.54) is 12.1 Å². The van der Waals surface area contributed by atoms with Crippen LogP contribution in [0.2, 0.25) is 10.0 Å². The second kappa shape index (κ2) is 8.02. The summed E-state index contributed by atoms with van der Waals surface area (Å²) in [6.45, 7) is -0.440. The molecular weight excluding hydrogens is 395 g/mol. The Morgan fingerprint density at radius 2 is 1.67 bits per heavy atom. The van der Waals surface area contributed by atoms with Gasteiger partial charge in [0.25, 0.3) is 11.8 Å². The molecule has 0 saturated heterocycles.